The molecule has 0 aliphatic heterocycles. The quantitative estimate of drug-likeness (QED) is 0.491. The topological polar surface area (TPSA) is 129 Å². The molecular weight excluding hydrogens is 302 g/mol. The van der Waals surface area contributed by atoms with E-state index in [9.17, 15) is 14.4 Å². The van der Waals surface area contributed by atoms with Gasteiger partial charge in [-0.3, -0.25) is 14.6 Å². The van der Waals surface area contributed by atoms with Crippen molar-refractivity contribution in [3.05, 3.63) is 56.4 Å². The summed E-state index contributed by atoms with van der Waals surface area (Å²) in [6.07, 6.45) is 1.58. The number of carbonyl (C=O) groups excluding carboxylic acids is 1. The fraction of sp³-hybridized carbons (Fsp3) is 0.214. The Morgan fingerprint density at radius 2 is 2.26 bits per heavy atom. The van der Waals surface area contributed by atoms with Gasteiger partial charge in [-0.25, -0.2) is 15.3 Å². The highest BCUT2D eigenvalue weighted by atomic mass is 16.5. The monoisotopic (exact) mass is 317 g/mol. The van der Waals surface area contributed by atoms with E-state index in [0.29, 0.717) is 5.75 Å². The first kappa shape index (κ1) is 16.1. The van der Waals surface area contributed by atoms with Gasteiger partial charge in [0.05, 0.1) is 13.3 Å². The molecule has 1 aromatic heterocycles. The summed E-state index contributed by atoms with van der Waals surface area (Å²) in [4.78, 5) is 35.9. The maximum Gasteiger partial charge on any atom is 0.342 e. The van der Waals surface area contributed by atoms with Crippen molar-refractivity contribution < 1.29 is 9.53 Å². The predicted molar refractivity (Wildman–Crippen MR) is 82.5 cm³/mol. The van der Waals surface area contributed by atoms with Crippen LogP contribution in [-0.2, 0) is 11.2 Å². The number of aromatic nitrogens is 3. The molecule has 0 atom stereocenters. The number of hydrogen-bond acceptors (Lipinski definition) is 6. The second kappa shape index (κ2) is 7.69. The van der Waals surface area contributed by atoms with E-state index in [1.807, 2.05) is 11.1 Å². The molecule has 9 heteroatoms. The largest absolute Gasteiger partial charge is 0.497 e. The van der Waals surface area contributed by atoms with Crippen molar-refractivity contribution >= 4 is 12.1 Å². The Labute approximate surface area is 130 Å². The molecule has 2 rings (SSSR count). The number of aryl methyl sites for hydroxylation is 1. The minimum atomic E-state index is -0.689. The number of nitrogens with zero attached hydrogens (tertiary/aromatic N) is 2. The lowest BCUT2D eigenvalue weighted by atomic mass is 10.2. The molecule has 120 valence electrons. The Hall–Kier alpha value is -3.23. The highest BCUT2D eigenvalue weighted by Gasteiger charge is 2.06. The first-order chi connectivity index (χ1) is 11.1. The molecule has 0 aliphatic carbocycles. The van der Waals surface area contributed by atoms with E-state index in [1.165, 1.54) is 6.21 Å². The molecule has 3 N–H and O–H groups in total. The molecule has 1 amide bonds. The predicted octanol–water partition coefficient (Wildman–Crippen LogP) is -0.450. The van der Waals surface area contributed by atoms with E-state index in [2.05, 4.69) is 20.7 Å². The van der Waals surface area contributed by atoms with Gasteiger partial charge in [-0.1, -0.05) is 12.1 Å². The maximum absolute atomic E-state index is 11.6. The van der Waals surface area contributed by atoms with Crippen LogP contribution in [0, 0.1) is 0 Å². The Morgan fingerprint density at radius 1 is 1.43 bits per heavy atom. The first-order valence-corrected chi connectivity index (χ1v) is 6.72. The summed E-state index contributed by atoms with van der Waals surface area (Å²) in [7, 11) is 1.56. The molecule has 0 saturated carbocycles. The van der Waals surface area contributed by atoms with E-state index in [0.717, 1.165) is 5.56 Å². The molecule has 0 aliphatic rings. The van der Waals surface area contributed by atoms with Gasteiger partial charge in [0.1, 0.15) is 11.4 Å². The van der Waals surface area contributed by atoms with Crippen LogP contribution in [-0.4, -0.2) is 34.4 Å². The zero-order valence-corrected chi connectivity index (χ0v) is 12.3. The molecule has 0 radical (unpaired) electrons. The molecule has 2 aromatic rings. The van der Waals surface area contributed by atoms with Gasteiger partial charge < -0.3 is 4.74 Å². The lowest BCUT2D eigenvalue weighted by Gasteiger charge is -2.01. The fourth-order valence-electron chi connectivity index (χ4n) is 1.73. The van der Waals surface area contributed by atoms with Gasteiger partial charge in [0.2, 0.25) is 5.91 Å². The molecule has 0 saturated heterocycles. The lowest BCUT2D eigenvalue weighted by molar-refractivity contribution is -0.121. The van der Waals surface area contributed by atoms with Crippen molar-refractivity contribution in [1.82, 2.24) is 20.6 Å². The number of carbonyl (C=O) groups is 1. The molecule has 0 bridgehead atoms. The number of benzene rings is 1. The Bertz CT molecular complexity index is 824. The molecule has 1 aromatic carbocycles. The van der Waals surface area contributed by atoms with Crippen molar-refractivity contribution in [3.8, 4) is 5.75 Å². The third-order valence-corrected chi connectivity index (χ3v) is 2.87. The molecule has 0 fully saturated rings. The normalized spacial score (nSPS) is 10.7. The summed E-state index contributed by atoms with van der Waals surface area (Å²) in [5, 5.41) is 9.51. The van der Waals surface area contributed by atoms with Crippen LogP contribution in [0.5, 0.6) is 5.75 Å². The molecule has 0 spiro atoms. The number of hydrazone groups is 1. The zero-order chi connectivity index (χ0) is 16.7. The highest BCUT2D eigenvalue weighted by molar-refractivity contribution is 5.82. The molecule has 9 nitrogen and oxygen atoms in total. The van der Waals surface area contributed by atoms with Gasteiger partial charge in [0.15, 0.2) is 0 Å². The number of aromatic amines is 2. The van der Waals surface area contributed by atoms with Gasteiger partial charge in [-0.05, 0) is 17.7 Å². The molecule has 0 unspecified atom stereocenters. The summed E-state index contributed by atoms with van der Waals surface area (Å²) in [6.45, 7) is 0. The number of hydrogen-bond donors (Lipinski definition) is 3. The number of ether oxygens (including phenoxy) is 1. The smallest absolute Gasteiger partial charge is 0.342 e. The van der Waals surface area contributed by atoms with E-state index >= 15 is 0 Å². The summed E-state index contributed by atoms with van der Waals surface area (Å²) in [5.74, 6) is 0.306. The first-order valence-electron chi connectivity index (χ1n) is 6.72. The summed E-state index contributed by atoms with van der Waals surface area (Å²) < 4.78 is 5.08. The lowest BCUT2D eigenvalue weighted by Crippen LogP contribution is -2.28. The summed E-state index contributed by atoms with van der Waals surface area (Å²) in [5.41, 5.74) is 1.90. The van der Waals surface area contributed by atoms with Crippen molar-refractivity contribution in [2.75, 3.05) is 7.11 Å². The van der Waals surface area contributed by atoms with Gasteiger partial charge in [0.25, 0.3) is 5.56 Å². The Kier molecular flexibility index (Phi) is 5.40. The van der Waals surface area contributed by atoms with E-state index in [1.54, 1.807) is 25.3 Å². The average molecular weight is 317 g/mol. The summed E-state index contributed by atoms with van der Waals surface area (Å²) in [6, 6.07) is 7.17. The minimum absolute atomic E-state index is 0.0115. The molecule has 23 heavy (non-hydrogen) atoms. The van der Waals surface area contributed by atoms with E-state index in [-0.39, 0.29) is 24.4 Å². The molecule has 1 heterocycles. The van der Waals surface area contributed by atoms with Crippen molar-refractivity contribution in [1.29, 1.82) is 0 Å². The van der Waals surface area contributed by atoms with Crippen molar-refractivity contribution in [3.63, 3.8) is 0 Å². The number of H-pyrrole nitrogens is 2. The van der Waals surface area contributed by atoms with Crippen molar-refractivity contribution in [2.45, 2.75) is 12.8 Å². The third-order valence-electron chi connectivity index (χ3n) is 2.87. The molecular formula is C14H15N5O4. The van der Waals surface area contributed by atoms with Crippen molar-refractivity contribution in [2.24, 2.45) is 5.10 Å². The van der Waals surface area contributed by atoms with Crippen LogP contribution in [0.25, 0.3) is 0 Å². The van der Waals surface area contributed by atoms with Gasteiger partial charge in [0, 0.05) is 12.8 Å². The van der Waals surface area contributed by atoms with E-state index in [4.69, 9.17) is 4.74 Å². The number of amides is 1. The second-order valence-electron chi connectivity index (χ2n) is 4.52. The number of methoxy groups -OCH3 is 1. The SMILES string of the molecule is COc1cccc(/C=N/NC(=O)CCc2n[nH]c(=O)[nH]c2=O)c1. The zero-order valence-electron chi connectivity index (χ0n) is 12.3. The standard InChI is InChI=1S/C14H15N5O4/c1-23-10-4-2-3-9(7-10)8-15-18-12(20)6-5-11-13(21)16-14(22)19-17-11/h2-4,7-8H,5-6H2,1H3,(H,18,20)(H2,16,19,21,22)/b15-8+. The minimum Gasteiger partial charge on any atom is -0.497 e. The number of nitrogens with one attached hydrogen (secondary N) is 3. The van der Waals surface area contributed by atoms with Crippen LogP contribution in [0.3, 0.4) is 0 Å². The van der Waals surface area contributed by atoms with Crippen LogP contribution < -0.4 is 21.4 Å². The van der Waals surface area contributed by atoms with Crippen LogP contribution in [0.2, 0.25) is 0 Å². The van der Waals surface area contributed by atoms with Crippen LogP contribution in [0.15, 0.2) is 39.0 Å². The highest BCUT2D eigenvalue weighted by Crippen LogP contribution is 2.10. The van der Waals surface area contributed by atoms with E-state index < -0.39 is 11.2 Å². The van der Waals surface area contributed by atoms with Crippen LogP contribution >= 0.6 is 0 Å². The van der Waals surface area contributed by atoms with Gasteiger partial charge in [-0.2, -0.15) is 10.2 Å². The van der Waals surface area contributed by atoms with Crippen LogP contribution in [0.4, 0.5) is 0 Å². The van der Waals surface area contributed by atoms with Gasteiger partial charge in [-0.15, -0.1) is 0 Å². The third kappa shape index (κ3) is 4.92. The fourth-order valence-corrected chi connectivity index (χ4v) is 1.73. The maximum atomic E-state index is 11.6. The number of rotatable bonds is 6. The Morgan fingerprint density at radius 3 is 3.00 bits per heavy atom. The Balaban J connectivity index is 1.86. The summed E-state index contributed by atoms with van der Waals surface area (Å²) >= 11 is 0. The average Bonchev–Trinajstić information content (AvgIpc) is 2.54. The second-order valence-corrected chi connectivity index (χ2v) is 4.52. The van der Waals surface area contributed by atoms with Crippen LogP contribution in [0.1, 0.15) is 17.7 Å². The van der Waals surface area contributed by atoms with Gasteiger partial charge >= 0.3 is 5.69 Å².